The van der Waals surface area contributed by atoms with E-state index in [1.165, 1.54) is 6.07 Å². The molecule has 0 amide bonds. The number of hydrogen-bond donors (Lipinski definition) is 1. The summed E-state index contributed by atoms with van der Waals surface area (Å²) in [7, 11) is 1.78. The molecule has 0 spiro atoms. The largest absolute Gasteiger partial charge is 0.313 e. The highest BCUT2D eigenvalue weighted by atomic mass is 35.5. The van der Waals surface area contributed by atoms with Crippen LogP contribution < -0.4 is 5.32 Å². The molecule has 1 atom stereocenters. The van der Waals surface area contributed by atoms with Crippen LogP contribution in [0.25, 0.3) is 0 Å². The molecule has 1 N–H and O–H groups in total. The second-order valence-electron chi connectivity index (χ2n) is 2.80. The summed E-state index contributed by atoms with van der Waals surface area (Å²) >= 11 is 11.5. The molecular formula is C9H10Cl2FN. The van der Waals surface area contributed by atoms with Crippen molar-refractivity contribution in [3.8, 4) is 0 Å². The zero-order valence-corrected chi connectivity index (χ0v) is 8.88. The molecule has 1 aromatic rings. The smallest absolute Gasteiger partial charge is 0.143 e. The topological polar surface area (TPSA) is 12.0 Å². The van der Waals surface area contributed by atoms with Crippen LogP contribution in [0.5, 0.6) is 0 Å². The lowest BCUT2D eigenvalue weighted by Crippen LogP contribution is -2.13. The number of halogens is 3. The van der Waals surface area contributed by atoms with E-state index in [-0.39, 0.29) is 11.1 Å². The van der Waals surface area contributed by atoms with E-state index in [1.807, 2.05) is 6.92 Å². The molecule has 1 nitrogen and oxygen atoms in total. The summed E-state index contributed by atoms with van der Waals surface area (Å²) in [6.07, 6.45) is 0. The number of rotatable bonds is 2. The van der Waals surface area contributed by atoms with Gasteiger partial charge in [0.1, 0.15) is 5.82 Å². The van der Waals surface area contributed by atoms with Crippen molar-refractivity contribution < 1.29 is 4.39 Å². The van der Waals surface area contributed by atoms with Gasteiger partial charge in [-0.25, -0.2) is 4.39 Å². The minimum atomic E-state index is -0.480. The van der Waals surface area contributed by atoms with E-state index in [2.05, 4.69) is 5.32 Å². The van der Waals surface area contributed by atoms with Crippen LogP contribution in [0.3, 0.4) is 0 Å². The first-order chi connectivity index (χ1) is 6.06. The fraction of sp³-hybridized carbons (Fsp3) is 0.333. The molecule has 0 aliphatic heterocycles. The molecule has 72 valence electrons. The normalized spacial score (nSPS) is 13.0. The Bertz CT molecular complexity index is 315. The fourth-order valence-electron chi connectivity index (χ4n) is 1.05. The lowest BCUT2D eigenvalue weighted by Gasteiger charge is -2.13. The number of nitrogens with one attached hydrogen (secondary N) is 1. The Kier molecular flexibility index (Phi) is 3.54. The van der Waals surface area contributed by atoms with E-state index in [0.29, 0.717) is 10.6 Å². The van der Waals surface area contributed by atoms with Gasteiger partial charge in [0.25, 0.3) is 0 Å². The summed E-state index contributed by atoms with van der Waals surface area (Å²) in [5.74, 6) is -0.480. The van der Waals surface area contributed by atoms with Gasteiger partial charge < -0.3 is 5.32 Å². The maximum Gasteiger partial charge on any atom is 0.143 e. The third-order valence-corrected chi connectivity index (χ3v) is 2.54. The van der Waals surface area contributed by atoms with Crippen LogP contribution in [0.2, 0.25) is 10.0 Å². The van der Waals surface area contributed by atoms with Gasteiger partial charge >= 0.3 is 0 Å². The second kappa shape index (κ2) is 4.27. The summed E-state index contributed by atoms with van der Waals surface area (Å²) in [4.78, 5) is 0. The average molecular weight is 222 g/mol. The summed E-state index contributed by atoms with van der Waals surface area (Å²) < 4.78 is 13.1. The van der Waals surface area contributed by atoms with Gasteiger partial charge in [0, 0.05) is 11.1 Å². The van der Waals surface area contributed by atoms with Crippen molar-refractivity contribution >= 4 is 23.2 Å². The van der Waals surface area contributed by atoms with Gasteiger partial charge in [0.05, 0.1) is 5.02 Å². The first-order valence-electron chi connectivity index (χ1n) is 3.88. The van der Waals surface area contributed by atoms with E-state index in [9.17, 15) is 4.39 Å². The minimum absolute atomic E-state index is 0.0132. The SMILES string of the molecule is CN[C@@H](C)c1cc(Cl)cc(F)c1Cl. The highest BCUT2D eigenvalue weighted by molar-refractivity contribution is 6.33. The van der Waals surface area contributed by atoms with Crippen LogP contribution in [0.4, 0.5) is 4.39 Å². The van der Waals surface area contributed by atoms with Gasteiger partial charge in [0.2, 0.25) is 0 Å². The highest BCUT2D eigenvalue weighted by Crippen LogP contribution is 2.28. The quantitative estimate of drug-likeness (QED) is 0.756. The van der Waals surface area contributed by atoms with Gasteiger partial charge in [-0.05, 0) is 31.7 Å². The first kappa shape index (κ1) is 10.8. The number of benzene rings is 1. The van der Waals surface area contributed by atoms with Crippen LogP contribution >= 0.6 is 23.2 Å². The van der Waals surface area contributed by atoms with Gasteiger partial charge in [-0.1, -0.05) is 23.2 Å². The lowest BCUT2D eigenvalue weighted by atomic mass is 10.1. The Balaban J connectivity index is 3.20. The highest BCUT2D eigenvalue weighted by Gasteiger charge is 2.12. The molecule has 0 unspecified atom stereocenters. The van der Waals surface area contributed by atoms with Crippen LogP contribution in [0.1, 0.15) is 18.5 Å². The average Bonchev–Trinajstić information content (AvgIpc) is 2.10. The zero-order valence-electron chi connectivity index (χ0n) is 7.37. The lowest BCUT2D eigenvalue weighted by molar-refractivity contribution is 0.609. The Morgan fingerprint density at radius 2 is 2.00 bits per heavy atom. The van der Waals surface area contributed by atoms with Crippen LogP contribution in [-0.2, 0) is 0 Å². The van der Waals surface area contributed by atoms with Gasteiger partial charge in [-0.15, -0.1) is 0 Å². The van der Waals surface area contributed by atoms with Crippen molar-refractivity contribution in [2.24, 2.45) is 0 Å². The third-order valence-electron chi connectivity index (χ3n) is 1.92. The molecule has 0 saturated heterocycles. The number of hydrogen-bond acceptors (Lipinski definition) is 1. The summed E-state index contributed by atoms with van der Waals surface area (Å²) in [6, 6.07) is 2.85. The molecule has 13 heavy (non-hydrogen) atoms. The van der Waals surface area contributed by atoms with Crippen molar-refractivity contribution in [1.82, 2.24) is 5.32 Å². The standard InChI is InChI=1S/C9H10Cl2FN/c1-5(13-2)7-3-6(10)4-8(12)9(7)11/h3-5,13H,1-2H3/t5-/m0/s1. The molecule has 0 aliphatic rings. The van der Waals surface area contributed by atoms with Gasteiger partial charge in [-0.2, -0.15) is 0 Å². The van der Waals surface area contributed by atoms with E-state index in [4.69, 9.17) is 23.2 Å². The summed E-state index contributed by atoms with van der Waals surface area (Å²) in [5, 5.41) is 3.46. The van der Waals surface area contributed by atoms with Crippen molar-refractivity contribution in [3.63, 3.8) is 0 Å². The Labute approximate surface area is 86.8 Å². The second-order valence-corrected chi connectivity index (χ2v) is 3.62. The van der Waals surface area contributed by atoms with E-state index >= 15 is 0 Å². The van der Waals surface area contributed by atoms with E-state index in [1.54, 1.807) is 13.1 Å². The third kappa shape index (κ3) is 2.33. The molecule has 4 heteroatoms. The monoisotopic (exact) mass is 221 g/mol. The molecule has 1 aromatic carbocycles. The minimum Gasteiger partial charge on any atom is -0.313 e. The summed E-state index contributed by atoms with van der Waals surface area (Å²) in [5.41, 5.74) is 0.675. The van der Waals surface area contributed by atoms with Crippen molar-refractivity contribution in [2.45, 2.75) is 13.0 Å². The van der Waals surface area contributed by atoms with Gasteiger partial charge in [-0.3, -0.25) is 0 Å². The van der Waals surface area contributed by atoms with Crippen LogP contribution in [0, 0.1) is 5.82 Å². The molecule has 0 fully saturated rings. The van der Waals surface area contributed by atoms with Crippen molar-refractivity contribution in [3.05, 3.63) is 33.6 Å². The van der Waals surface area contributed by atoms with E-state index in [0.717, 1.165) is 0 Å². The fourth-order valence-corrected chi connectivity index (χ4v) is 1.53. The maximum atomic E-state index is 13.1. The summed E-state index contributed by atoms with van der Waals surface area (Å²) in [6.45, 7) is 1.89. The molecule has 0 aliphatic carbocycles. The zero-order chi connectivity index (χ0) is 10.0. The molecule has 0 radical (unpaired) electrons. The molecule has 0 aromatic heterocycles. The van der Waals surface area contributed by atoms with Crippen LogP contribution in [-0.4, -0.2) is 7.05 Å². The molecule has 0 heterocycles. The molecule has 1 rings (SSSR count). The van der Waals surface area contributed by atoms with Gasteiger partial charge in [0.15, 0.2) is 0 Å². The van der Waals surface area contributed by atoms with Crippen molar-refractivity contribution in [2.75, 3.05) is 7.05 Å². The first-order valence-corrected chi connectivity index (χ1v) is 4.63. The molecule has 0 saturated carbocycles. The van der Waals surface area contributed by atoms with Crippen molar-refractivity contribution in [1.29, 1.82) is 0 Å². The predicted octanol–water partition coefficient (Wildman–Crippen LogP) is 3.41. The van der Waals surface area contributed by atoms with Crippen LogP contribution in [0.15, 0.2) is 12.1 Å². The Hall–Kier alpha value is -0.310. The molecular weight excluding hydrogens is 212 g/mol. The Morgan fingerprint density at radius 1 is 1.38 bits per heavy atom. The maximum absolute atomic E-state index is 13.1. The Morgan fingerprint density at radius 3 is 2.54 bits per heavy atom. The molecule has 0 bridgehead atoms. The predicted molar refractivity (Wildman–Crippen MR) is 53.9 cm³/mol. The van der Waals surface area contributed by atoms with E-state index < -0.39 is 5.82 Å².